The van der Waals surface area contributed by atoms with Gasteiger partial charge in [0.1, 0.15) is 69.4 Å². The molecule has 0 spiro atoms. The topological polar surface area (TPSA) is 328 Å². The molecule has 0 saturated heterocycles. The summed E-state index contributed by atoms with van der Waals surface area (Å²) in [5.41, 5.74) is -3.07. The molecule has 6 aromatic carbocycles. The smallest absolute Gasteiger partial charge is 0.231 e. The third-order valence-electron chi connectivity index (χ3n) is 10.9. The SMILES string of the molecule is O=c1c(O)cc([C@H]2Oc3cc(O)cc(O)c3C[C@H]2O)cc2c([C@H]3Oc4cc(O)cc(O)c4C(c4c(O)cc(O)c5c4O[C@H](c4ccc(O)c(O)c4)C(O)=C5)=C3O)cc(O)c(O)c12. The molecule has 18 nitrogen and oxygen atoms in total. The van der Waals surface area contributed by atoms with Crippen LogP contribution in [-0.4, -0.2) is 77.6 Å². The van der Waals surface area contributed by atoms with E-state index >= 15 is 0 Å². The quantitative estimate of drug-likeness (QED) is 0.0976. The molecular weight excluding hydrogens is 816 g/mol. The number of aromatic hydroxyl groups is 11. The zero-order chi connectivity index (χ0) is 44.2. The largest absolute Gasteiger partial charge is 0.508 e. The summed E-state index contributed by atoms with van der Waals surface area (Å²) < 4.78 is 18.3. The van der Waals surface area contributed by atoms with Crippen molar-refractivity contribution >= 4 is 22.4 Å². The fraction of sp³-hybridized carbons (Fsp3) is 0.114. The van der Waals surface area contributed by atoms with Crippen molar-refractivity contribution in [3.8, 4) is 80.5 Å². The third kappa shape index (κ3) is 5.95. The number of ether oxygens (including phenoxy) is 3. The van der Waals surface area contributed by atoms with Crippen molar-refractivity contribution in [1.29, 1.82) is 0 Å². The summed E-state index contributed by atoms with van der Waals surface area (Å²) in [5.74, 6) is -9.80. The van der Waals surface area contributed by atoms with Crippen molar-refractivity contribution in [1.82, 2.24) is 0 Å². The third-order valence-corrected chi connectivity index (χ3v) is 10.9. The maximum atomic E-state index is 13.8. The van der Waals surface area contributed by atoms with Crippen LogP contribution in [0.4, 0.5) is 0 Å². The Morgan fingerprint density at radius 3 is 1.95 bits per heavy atom. The van der Waals surface area contributed by atoms with Gasteiger partial charge in [-0.1, -0.05) is 6.07 Å². The Morgan fingerprint density at radius 1 is 0.548 bits per heavy atom. The zero-order valence-electron chi connectivity index (χ0n) is 31.3. The summed E-state index contributed by atoms with van der Waals surface area (Å²) in [6.07, 6.45) is -5.46. The second kappa shape index (κ2) is 13.8. The summed E-state index contributed by atoms with van der Waals surface area (Å²) in [6.45, 7) is 0. The molecule has 0 bridgehead atoms. The van der Waals surface area contributed by atoms with Gasteiger partial charge in [0, 0.05) is 59.0 Å². The molecule has 18 heteroatoms. The Kier molecular flexibility index (Phi) is 8.66. The number of hydrogen-bond acceptors (Lipinski definition) is 18. The Hall–Kier alpha value is -8.51. The van der Waals surface area contributed by atoms with E-state index in [4.69, 9.17) is 14.2 Å². The monoisotopic (exact) mass is 848 g/mol. The second-order valence-corrected chi connectivity index (χ2v) is 14.8. The molecule has 3 heterocycles. The van der Waals surface area contributed by atoms with E-state index in [2.05, 4.69) is 0 Å². The average Bonchev–Trinajstić information content (AvgIpc) is 3.33. The van der Waals surface area contributed by atoms with Gasteiger partial charge in [-0.25, -0.2) is 0 Å². The van der Waals surface area contributed by atoms with Crippen LogP contribution >= 0.6 is 0 Å². The molecule has 0 fully saturated rings. The molecule has 0 amide bonds. The summed E-state index contributed by atoms with van der Waals surface area (Å²) >= 11 is 0. The lowest BCUT2D eigenvalue weighted by atomic mass is 9.85. The highest BCUT2D eigenvalue weighted by molar-refractivity contribution is 5.98. The van der Waals surface area contributed by atoms with E-state index < -0.39 is 115 Å². The number of aliphatic hydroxyl groups excluding tert-OH is 3. The maximum absolute atomic E-state index is 13.8. The van der Waals surface area contributed by atoms with E-state index in [-0.39, 0.29) is 68.2 Å². The molecule has 3 aliphatic rings. The van der Waals surface area contributed by atoms with Crippen molar-refractivity contribution in [3.63, 3.8) is 0 Å². The highest BCUT2D eigenvalue weighted by atomic mass is 16.5. The summed E-state index contributed by atoms with van der Waals surface area (Å²) in [4.78, 5) is 13.8. The van der Waals surface area contributed by atoms with E-state index in [0.717, 1.165) is 54.6 Å². The number of hydrogen-bond donors (Lipinski definition) is 14. The van der Waals surface area contributed by atoms with Gasteiger partial charge in [-0.05, 0) is 47.4 Å². The van der Waals surface area contributed by atoms with Crippen LogP contribution < -0.4 is 19.6 Å². The van der Waals surface area contributed by atoms with Crippen molar-refractivity contribution in [2.24, 2.45) is 0 Å². The molecule has 316 valence electrons. The Morgan fingerprint density at radius 2 is 1.23 bits per heavy atom. The number of aliphatic hydroxyl groups is 3. The molecule has 0 radical (unpaired) electrons. The van der Waals surface area contributed by atoms with Crippen molar-refractivity contribution in [2.45, 2.75) is 30.8 Å². The van der Waals surface area contributed by atoms with Gasteiger partial charge in [0.25, 0.3) is 0 Å². The lowest BCUT2D eigenvalue weighted by Crippen LogP contribution is -2.30. The molecule has 9 rings (SSSR count). The lowest BCUT2D eigenvalue weighted by molar-refractivity contribution is 0.0198. The number of rotatable bonds is 4. The maximum Gasteiger partial charge on any atom is 0.231 e. The van der Waals surface area contributed by atoms with Crippen LogP contribution in [0.3, 0.4) is 0 Å². The molecule has 0 aromatic heterocycles. The summed E-state index contributed by atoms with van der Waals surface area (Å²) in [5, 5.41) is 152. The lowest BCUT2D eigenvalue weighted by Gasteiger charge is -2.33. The van der Waals surface area contributed by atoms with Gasteiger partial charge in [0.2, 0.25) is 5.43 Å². The standard InChI is InChI=1S/C44H32O18/c45-16-6-23(48)20-11-30(55)42(60-32(20)8-16)15-3-18-19(10-29(54)39(58)34(18)38(57)28(53)5-15)44-40(59)37(35-26(51)7-17(46)9-33(35)61-44)36-27(52)13-24(49)21-12-31(56)41(62-43(21)36)14-1-2-22(47)25(50)4-14/h1-10,12-13,30,41-42,44-52,54-56,58-59H,11H2,(H,53,57)/t30-,41-,42-,44-/m1/s1. The van der Waals surface area contributed by atoms with Crippen LogP contribution in [0.1, 0.15) is 57.3 Å². The van der Waals surface area contributed by atoms with Crippen LogP contribution in [0.25, 0.3) is 22.4 Å². The minimum atomic E-state index is -1.92. The first-order valence-corrected chi connectivity index (χ1v) is 18.4. The first-order valence-electron chi connectivity index (χ1n) is 18.4. The van der Waals surface area contributed by atoms with Gasteiger partial charge < -0.3 is 85.7 Å². The van der Waals surface area contributed by atoms with Crippen molar-refractivity contribution in [2.75, 3.05) is 0 Å². The van der Waals surface area contributed by atoms with Gasteiger partial charge >= 0.3 is 0 Å². The molecule has 0 saturated carbocycles. The van der Waals surface area contributed by atoms with E-state index in [1.165, 1.54) is 18.2 Å². The molecule has 0 aliphatic carbocycles. The summed E-state index contributed by atoms with van der Waals surface area (Å²) in [7, 11) is 0. The average molecular weight is 849 g/mol. The normalized spacial score (nSPS) is 19.0. The molecule has 62 heavy (non-hydrogen) atoms. The Labute approximate surface area is 346 Å². The highest BCUT2D eigenvalue weighted by Gasteiger charge is 2.41. The van der Waals surface area contributed by atoms with Crippen LogP contribution in [-0.2, 0) is 6.42 Å². The molecule has 6 aromatic rings. The number of fused-ring (bicyclic) bond motifs is 4. The van der Waals surface area contributed by atoms with Gasteiger partial charge in [0.15, 0.2) is 41.0 Å². The zero-order valence-corrected chi connectivity index (χ0v) is 31.3. The number of phenols is 10. The van der Waals surface area contributed by atoms with E-state index in [9.17, 15) is 76.3 Å². The first-order chi connectivity index (χ1) is 29.4. The van der Waals surface area contributed by atoms with E-state index in [1.54, 1.807) is 0 Å². The van der Waals surface area contributed by atoms with Crippen molar-refractivity contribution < 1.29 is 85.7 Å². The number of phenolic OH excluding ortho intramolecular Hbond substituents is 10. The second-order valence-electron chi connectivity index (χ2n) is 14.8. The molecule has 0 unspecified atom stereocenters. The van der Waals surface area contributed by atoms with Crippen LogP contribution in [0.15, 0.2) is 83.0 Å². The fourth-order valence-corrected chi connectivity index (χ4v) is 8.10. The molecule has 3 aliphatic heterocycles. The Balaban J connectivity index is 1.30. The van der Waals surface area contributed by atoms with Crippen LogP contribution in [0.2, 0.25) is 0 Å². The number of benzene rings is 5. The van der Waals surface area contributed by atoms with Gasteiger partial charge in [0.05, 0.1) is 28.2 Å². The minimum Gasteiger partial charge on any atom is -0.508 e. The predicted molar refractivity (Wildman–Crippen MR) is 213 cm³/mol. The summed E-state index contributed by atoms with van der Waals surface area (Å²) in [6, 6.07) is 11.4. The van der Waals surface area contributed by atoms with Gasteiger partial charge in [-0.3, -0.25) is 4.79 Å². The molecule has 4 atom stereocenters. The van der Waals surface area contributed by atoms with E-state index in [1.807, 2.05) is 0 Å². The van der Waals surface area contributed by atoms with Crippen molar-refractivity contribution in [3.05, 3.63) is 127 Å². The predicted octanol–water partition coefficient (Wildman–Crippen LogP) is 5.48. The molecule has 14 N–H and O–H groups in total. The minimum absolute atomic E-state index is 0.0555. The highest BCUT2D eigenvalue weighted by Crippen LogP contribution is 2.57. The van der Waals surface area contributed by atoms with Crippen LogP contribution in [0.5, 0.6) is 80.5 Å². The van der Waals surface area contributed by atoms with Gasteiger partial charge in [-0.15, -0.1) is 0 Å². The van der Waals surface area contributed by atoms with E-state index in [0.29, 0.717) is 0 Å². The van der Waals surface area contributed by atoms with Gasteiger partial charge in [-0.2, -0.15) is 0 Å². The Bertz CT molecular complexity index is 3080. The van der Waals surface area contributed by atoms with Crippen LogP contribution in [0, 0.1) is 0 Å². The fourth-order valence-electron chi connectivity index (χ4n) is 8.10. The molecular formula is C44H32O18. The first kappa shape index (κ1) is 39.0.